The van der Waals surface area contributed by atoms with Crippen molar-refractivity contribution in [3.05, 3.63) is 10.6 Å². The molecule has 1 aromatic heterocycles. The van der Waals surface area contributed by atoms with Crippen molar-refractivity contribution in [3.63, 3.8) is 0 Å². The number of hydrogen-bond donors (Lipinski definition) is 1. The summed E-state index contributed by atoms with van der Waals surface area (Å²) < 4.78 is 0.914. The minimum Gasteiger partial charge on any atom is -0.477 e. The molecule has 1 aliphatic carbocycles. The van der Waals surface area contributed by atoms with Crippen LogP contribution in [0.4, 0.5) is 0 Å². The summed E-state index contributed by atoms with van der Waals surface area (Å²) in [6.07, 6.45) is 5.08. The molecule has 0 radical (unpaired) electrons. The summed E-state index contributed by atoms with van der Waals surface area (Å²) in [5.41, 5.74) is 0.646. The van der Waals surface area contributed by atoms with Gasteiger partial charge in [0, 0.05) is 5.25 Å². The van der Waals surface area contributed by atoms with Gasteiger partial charge in [-0.15, -0.1) is 11.3 Å². The highest BCUT2D eigenvalue weighted by atomic mass is 32.2. The first-order valence-corrected chi connectivity index (χ1v) is 6.74. The number of carboxylic acid groups (broad SMARTS) is 1. The lowest BCUT2D eigenvalue weighted by Crippen LogP contribution is -1.94. The first-order valence-electron chi connectivity index (χ1n) is 5.04. The number of thiazole rings is 1. The van der Waals surface area contributed by atoms with Gasteiger partial charge in [-0.1, -0.05) is 24.6 Å². The van der Waals surface area contributed by atoms with Crippen LogP contribution in [0.25, 0.3) is 0 Å². The zero-order valence-corrected chi connectivity index (χ0v) is 10.2. The van der Waals surface area contributed by atoms with Gasteiger partial charge in [-0.05, 0) is 19.8 Å². The number of carbonyl (C=O) groups is 1. The van der Waals surface area contributed by atoms with Crippen LogP contribution in [0.2, 0.25) is 0 Å². The summed E-state index contributed by atoms with van der Waals surface area (Å²) in [5.74, 6) is -0.858. The third-order valence-corrected chi connectivity index (χ3v) is 5.12. The molecular formula is C10H13NO2S2. The van der Waals surface area contributed by atoms with Gasteiger partial charge in [0.05, 0.1) is 5.69 Å². The lowest BCUT2D eigenvalue weighted by molar-refractivity contribution is 0.0701. The van der Waals surface area contributed by atoms with Crippen molar-refractivity contribution in [2.24, 2.45) is 0 Å². The van der Waals surface area contributed by atoms with Crippen molar-refractivity contribution >= 4 is 29.1 Å². The molecule has 0 aliphatic heterocycles. The highest BCUT2D eigenvalue weighted by Crippen LogP contribution is 2.37. The van der Waals surface area contributed by atoms with Gasteiger partial charge in [0.1, 0.15) is 4.88 Å². The van der Waals surface area contributed by atoms with Crippen molar-refractivity contribution in [1.29, 1.82) is 0 Å². The fourth-order valence-electron chi connectivity index (χ4n) is 1.77. The molecule has 0 atom stereocenters. The van der Waals surface area contributed by atoms with Crippen LogP contribution in [0.15, 0.2) is 4.34 Å². The van der Waals surface area contributed by atoms with Crippen molar-refractivity contribution in [1.82, 2.24) is 4.98 Å². The van der Waals surface area contributed by atoms with E-state index in [1.807, 2.05) is 0 Å². The van der Waals surface area contributed by atoms with Crippen LogP contribution < -0.4 is 0 Å². The number of rotatable bonds is 3. The van der Waals surface area contributed by atoms with E-state index in [1.165, 1.54) is 37.0 Å². The molecule has 1 aromatic rings. The van der Waals surface area contributed by atoms with Gasteiger partial charge in [-0.2, -0.15) is 0 Å². The van der Waals surface area contributed by atoms with E-state index in [9.17, 15) is 4.79 Å². The average Bonchev–Trinajstić information content (AvgIpc) is 2.75. The lowest BCUT2D eigenvalue weighted by Gasteiger charge is -2.03. The van der Waals surface area contributed by atoms with E-state index in [2.05, 4.69) is 4.98 Å². The summed E-state index contributed by atoms with van der Waals surface area (Å²) >= 11 is 3.05. The number of aromatic carboxylic acids is 1. The molecule has 1 saturated carbocycles. The zero-order chi connectivity index (χ0) is 10.8. The maximum Gasteiger partial charge on any atom is 0.347 e. The van der Waals surface area contributed by atoms with E-state index in [0.717, 1.165) is 4.34 Å². The Labute approximate surface area is 96.9 Å². The summed E-state index contributed by atoms with van der Waals surface area (Å²) in [4.78, 5) is 15.5. The second kappa shape index (κ2) is 4.53. The van der Waals surface area contributed by atoms with Gasteiger partial charge in [0.25, 0.3) is 0 Å². The second-order valence-corrected chi connectivity index (χ2v) is 6.27. The zero-order valence-electron chi connectivity index (χ0n) is 8.52. The minimum atomic E-state index is -0.858. The number of carboxylic acids is 1. The van der Waals surface area contributed by atoms with Crippen LogP contribution in [-0.4, -0.2) is 21.3 Å². The molecule has 82 valence electrons. The number of nitrogens with zero attached hydrogens (tertiary/aromatic N) is 1. The molecule has 0 spiro atoms. The van der Waals surface area contributed by atoms with E-state index in [0.29, 0.717) is 15.8 Å². The van der Waals surface area contributed by atoms with E-state index < -0.39 is 5.97 Å². The highest BCUT2D eigenvalue weighted by molar-refractivity contribution is 8.01. The molecule has 5 heteroatoms. The molecule has 3 nitrogen and oxygen atoms in total. The Hall–Kier alpha value is -0.550. The maximum atomic E-state index is 10.8. The second-order valence-electron chi connectivity index (χ2n) is 3.72. The Bertz CT molecular complexity index is 369. The minimum absolute atomic E-state index is 0.385. The molecule has 15 heavy (non-hydrogen) atoms. The standard InChI is InChI=1S/C10H13NO2S2/c1-6-8(9(12)13)15-10(11-6)14-7-4-2-3-5-7/h7H,2-5H2,1H3,(H,12,13). The molecule has 1 heterocycles. The SMILES string of the molecule is Cc1nc(SC2CCCC2)sc1C(=O)O. The fourth-order valence-corrected chi connectivity index (χ4v) is 4.30. The molecule has 0 bridgehead atoms. The van der Waals surface area contributed by atoms with Crippen LogP contribution in [0.1, 0.15) is 41.0 Å². The van der Waals surface area contributed by atoms with Crippen molar-refractivity contribution in [2.75, 3.05) is 0 Å². The Kier molecular flexibility index (Phi) is 3.31. The molecule has 0 amide bonds. The van der Waals surface area contributed by atoms with Gasteiger partial charge >= 0.3 is 5.97 Å². The van der Waals surface area contributed by atoms with Gasteiger partial charge in [0.2, 0.25) is 0 Å². The summed E-state index contributed by atoms with van der Waals surface area (Å²) in [6, 6.07) is 0. The number of aromatic nitrogens is 1. The summed E-state index contributed by atoms with van der Waals surface area (Å²) in [5, 5.41) is 9.55. The topological polar surface area (TPSA) is 50.2 Å². The largest absolute Gasteiger partial charge is 0.477 e. The molecule has 1 aliphatic rings. The Morgan fingerprint density at radius 2 is 2.20 bits per heavy atom. The van der Waals surface area contributed by atoms with Crippen molar-refractivity contribution < 1.29 is 9.90 Å². The molecule has 0 aromatic carbocycles. The van der Waals surface area contributed by atoms with Crippen LogP contribution >= 0.6 is 23.1 Å². The first kappa shape index (κ1) is 11.0. The van der Waals surface area contributed by atoms with Crippen molar-refractivity contribution in [3.8, 4) is 0 Å². The molecule has 1 N–H and O–H groups in total. The maximum absolute atomic E-state index is 10.8. The molecule has 2 rings (SSSR count). The number of aryl methyl sites for hydroxylation is 1. The van der Waals surface area contributed by atoms with Crippen LogP contribution in [-0.2, 0) is 0 Å². The van der Waals surface area contributed by atoms with Crippen LogP contribution in [0.5, 0.6) is 0 Å². The van der Waals surface area contributed by atoms with E-state index in [-0.39, 0.29) is 0 Å². The molecule has 0 unspecified atom stereocenters. The summed E-state index contributed by atoms with van der Waals surface area (Å²) in [6.45, 7) is 1.76. The fraction of sp³-hybridized carbons (Fsp3) is 0.600. The van der Waals surface area contributed by atoms with E-state index in [1.54, 1.807) is 18.7 Å². The van der Waals surface area contributed by atoms with Gasteiger partial charge in [-0.3, -0.25) is 0 Å². The smallest absolute Gasteiger partial charge is 0.347 e. The van der Waals surface area contributed by atoms with E-state index >= 15 is 0 Å². The quantitative estimate of drug-likeness (QED) is 0.885. The van der Waals surface area contributed by atoms with Gasteiger partial charge in [0.15, 0.2) is 4.34 Å². The van der Waals surface area contributed by atoms with Crippen LogP contribution in [0, 0.1) is 6.92 Å². The third-order valence-electron chi connectivity index (χ3n) is 2.54. The average molecular weight is 243 g/mol. The van der Waals surface area contributed by atoms with Gasteiger partial charge in [-0.25, -0.2) is 9.78 Å². The summed E-state index contributed by atoms with van der Waals surface area (Å²) in [7, 11) is 0. The van der Waals surface area contributed by atoms with E-state index in [4.69, 9.17) is 5.11 Å². The van der Waals surface area contributed by atoms with Crippen molar-refractivity contribution in [2.45, 2.75) is 42.2 Å². The van der Waals surface area contributed by atoms with Crippen LogP contribution in [0.3, 0.4) is 0 Å². The third kappa shape index (κ3) is 2.52. The number of thioether (sulfide) groups is 1. The Morgan fingerprint density at radius 3 is 2.73 bits per heavy atom. The van der Waals surface area contributed by atoms with Gasteiger partial charge < -0.3 is 5.11 Å². The molecular weight excluding hydrogens is 230 g/mol. The molecule has 0 saturated heterocycles. The lowest BCUT2D eigenvalue weighted by atomic mass is 10.4. The monoisotopic (exact) mass is 243 g/mol. The predicted octanol–water partition coefficient (Wildman–Crippen LogP) is 3.18. The number of hydrogen-bond acceptors (Lipinski definition) is 4. The molecule has 1 fully saturated rings. The first-order chi connectivity index (χ1) is 7.16. The Morgan fingerprint density at radius 1 is 1.53 bits per heavy atom. The Balaban J connectivity index is 2.08. The predicted molar refractivity (Wildman–Crippen MR) is 61.9 cm³/mol. The normalized spacial score (nSPS) is 17.1. The highest BCUT2D eigenvalue weighted by Gasteiger charge is 2.20.